The van der Waals surface area contributed by atoms with Crippen molar-refractivity contribution in [3.8, 4) is 0 Å². The van der Waals surface area contributed by atoms with E-state index in [1.807, 2.05) is 0 Å². The Balaban J connectivity index is 1.83. The Labute approximate surface area is 147 Å². The van der Waals surface area contributed by atoms with Crippen LogP contribution in [-0.2, 0) is 11.3 Å². The maximum Gasteiger partial charge on any atom is 0.278 e. The van der Waals surface area contributed by atoms with Crippen LogP contribution < -0.4 is 10.9 Å². The van der Waals surface area contributed by atoms with Crippen LogP contribution in [0.15, 0.2) is 41.2 Å². The summed E-state index contributed by atoms with van der Waals surface area (Å²) in [5.74, 6) is -2.22. The number of anilines is 1. The standard InChI is InChI=1S/C15H9F2IN4O2/c16-10-5-8(6-11(17)14(10)18)19-13(23)7-22-15(24)9-3-1-2-4-12(9)20-21-22/h1-6H,7H2,(H,19,23). The molecule has 0 saturated carbocycles. The minimum absolute atomic E-state index is 0.0442. The quantitative estimate of drug-likeness (QED) is 0.499. The third-order valence-corrected chi connectivity index (χ3v) is 4.22. The van der Waals surface area contributed by atoms with Crippen LogP contribution in [-0.4, -0.2) is 20.9 Å². The van der Waals surface area contributed by atoms with E-state index < -0.39 is 29.6 Å². The Hall–Kier alpha value is -2.43. The average Bonchev–Trinajstić information content (AvgIpc) is 2.55. The second-order valence-corrected chi connectivity index (χ2v) is 5.95. The molecule has 0 bridgehead atoms. The van der Waals surface area contributed by atoms with E-state index in [2.05, 4.69) is 15.6 Å². The van der Waals surface area contributed by atoms with Crippen LogP contribution in [0.2, 0.25) is 0 Å². The van der Waals surface area contributed by atoms with Crippen molar-refractivity contribution in [3.63, 3.8) is 0 Å². The van der Waals surface area contributed by atoms with Crippen LogP contribution in [0.1, 0.15) is 0 Å². The molecule has 0 fully saturated rings. The Bertz CT molecular complexity index is 983. The first-order valence-corrected chi connectivity index (χ1v) is 7.80. The predicted molar refractivity (Wildman–Crippen MR) is 91.5 cm³/mol. The smallest absolute Gasteiger partial charge is 0.278 e. The van der Waals surface area contributed by atoms with Gasteiger partial charge in [-0.3, -0.25) is 9.59 Å². The number of rotatable bonds is 3. The number of hydrogen-bond donors (Lipinski definition) is 1. The summed E-state index contributed by atoms with van der Waals surface area (Å²) in [5, 5.41) is 10.2. The lowest BCUT2D eigenvalue weighted by atomic mass is 10.2. The van der Waals surface area contributed by atoms with Crippen molar-refractivity contribution in [2.75, 3.05) is 5.32 Å². The molecule has 24 heavy (non-hydrogen) atoms. The second-order valence-electron chi connectivity index (χ2n) is 4.87. The Morgan fingerprint density at radius 1 is 1.21 bits per heavy atom. The number of carbonyl (C=O) groups excluding carboxylic acids is 1. The Morgan fingerprint density at radius 3 is 2.58 bits per heavy atom. The van der Waals surface area contributed by atoms with E-state index in [1.165, 1.54) is 22.6 Å². The van der Waals surface area contributed by atoms with Crippen LogP contribution in [0.3, 0.4) is 0 Å². The van der Waals surface area contributed by atoms with Crippen LogP contribution in [0, 0.1) is 15.2 Å². The number of aromatic nitrogens is 3. The molecule has 0 aliphatic rings. The number of carbonyl (C=O) groups is 1. The maximum atomic E-state index is 13.5. The number of nitrogens with zero attached hydrogens (tertiary/aromatic N) is 3. The van der Waals surface area contributed by atoms with Crippen molar-refractivity contribution in [2.45, 2.75) is 6.54 Å². The number of hydrogen-bond acceptors (Lipinski definition) is 4. The van der Waals surface area contributed by atoms with Gasteiger partial charge in [-0.15, -0.1) is 5.10 Å². The van der Waals surface area contributed by atoms with E-state index >= 15 is 0 Å². The number of halogens is 3. The lowest BCUT2D eigenvalue weighted by Crippen LogP contribution is -2.30. The normalized spacial score (nSPS) is 10.8. The van der Waals surface area contributed by atoms with Gasteiger partial charge in [0, 0.05) is 5.69 Å². The van der Waals surface area contributed by atoms with Crippen molar-refractivity contribution in [3.05, 3.63) is 62.0 Å². The van der Waals surface area contributed by atoms with Gasteiger partial charge in [-0.1, -0.05) is 17.3 Å². The molecule has 1 aromatic heterocycles. The van der Waals surface area contributed by atoms with E-state index in [9.17, 15) is 18.4 Å². The van der Waals surface area contributed by atoms with Crippen molar-refractivity contribution in [1.82, 2.24) is 15.0 Å². The first kappa shape index (κ1) is 16.4. The molecule has 0 aliphatic heterocycles. The molecule has 0 saturated heterocycles. The number of nitrogens with one attached hydrogen (secondary N) is 1. The summed E-state index contributed by atoms with van der Waals surface area (Å²) in [6.45, 7) is -0.425. The summed E-state index contributed by atoms with van der Waals surface area (Å²) in [7, 11) is 0. The molecule has 0 aliphatic carbocycles. The molecule has 1 amide bonds. The topological polar surface area (TPSA) is 76.9 Å². The van der Waals surface area contributed by atoms with Gasteiger partial charge in [0.15, 0.2) is 0 Å². The predicted octanol–water partition coefficient (Wildman–Crippen LogP) is 2.31. The van der Waals surface area contributed by atoms with Gasteiger partial charge in [-0.05, 0) is 46.9 Å². The van der Waals surface area contributed by atoms with E-state index in [1.54, 1.807) is 24.3 Å². The molecular formula is C15H9F2IN4O2. The molecule has 0 unspecified atom stereocenters. The van der Waals surface area contributed by atoms with Crippen LogP contribution in [0.25, 0.3) is 10.9 Å². The fraction of sp³-hybridized carbons (Fsp3) is 0.0667. The molecule has 1 heterocycles. The van der Waals surface area contributed by atoms with E-state index in [0.29, 0.717) is 10.9 Å². The summed E-state index contributed by atoms with van der Waals surface area (Å²) in [4.78, 5) is 24.2. The van der Waals surface area contributed by atoms with Gasteiger partial charge in [0.1, 0.15) is 23.7 Å². The first-order valence-electron chi connectivity index (χ1n) is 6.72. The molecule has 3 rings (SSSR count). The Kier molecular flexibility index (Phi) is 4.51. The molecule has 0 spiro atoms. The largest absolute Gasteiger partial charge is 0.324 e. The molecule has 3 aromatic rings. The van der Waals surface area contributed by atoms with E-state index in [-0.39, 0.29) is 9.26 Å². The number of benzene rings is 2. The van der Waals surface area contributed by atoms with Crippen molar-refractivity contribution >= 4 is 45.1 Å². The summed E-state index contributed by atoms with van der Waals surface area (Å²) >= 11 is 1.52. The van der Waals surface area contributed by atoms with Crippen LogP contribution >= 0.6 is 22.6 Å². The Morgan fingerprint density at radius 2 is 1.88 bits per heavy atom. The molecule has 122 valence electrons. The summed E-state index contributed by atoms with van der Waals surface area (Å²) in [5.41, 5.74) is -0.103. The van der Waals surface area contributed by atoms with Gasteiger partial charge in [-0.2, -0.15) is 0 Å². The van der Waals surface area contributed by atoms with Crippen molar-refractivity contribution in [2.24, 2.45) is 0 Å². The second kappa shape index (κ2) is 6.59. The van der Waals surface area contributed by atoms with Crippen molar-refractivity contribution in [1.29, 1.82) is 0 Å². The molecule has 0 radical (unpaired) electrons. The summed E-state index contributed by atoms with van der Waals surface area (Å²) < 4.78 is 27.7. The molecule has 2 aromatic carbocycles. The van der Waals surface area contributed by atoms with Gasteiger partial charge in [-0.25, -0.2) is 13.5 Å². The maximum absolute atomic E-state index is 13.5. The lowest BCUT2D eigenvalue weighted by molar-refractivity contribution is -0.117. The van der Waals surface area contributed by atoms with E-state index in [4.69, 9.17) is 0 Å². The zero-order valence-electron chi connectivity index (χ0n) is 12.0. The third-order valence-electron chi connectivity index (χ3n) is 3.19. The van der Waals surface area contributed by atoms with Crippen LogP contribution in [0.5, 0.6) is 0 Å². The number of fused-ring (bicyclic) bond motifs is 1. The van der Waals surface area contributed by atoms with Gasteiger partial charge >= 0.3 is 0 Å². The zero-order chi connectivity index (χ0) is 17.3. The highest BCUT2D eigenvalue weighted by molar-refractivity contribution is 14.1. The molecular weight excluding hydrogens is 433 g/mol. The summed E-state index contributed by atoms with van der Waals surface area (Å²) in [6.07, 6.45) is 0. The van der Waals surface area contributed by atoms with Gasteiger partial charge in [0.05, 0.1) is 8.96 Å². The third kappa shape index (κ3) is 3.25. The first-order chi connectivity index (χ1) is 11.5. The van der Waals surface area contributed by atoms with Gasteiger partial charge < -0.3 is 5.32 Å². The van der Waals surface area contributed by atoms with Crippen molar-refractivity contribution < 1.29 is 13.6 Å². The fourth-order valence-corrected chi connectivity index (χ4v) is 2.40. The molecule has 6 nitrogen and oxygen atoms in total. The number of amides is 1. The SMILES string of the molecule is O=C(Cn1nnc2ccccc2c1=O)Nc1cc(F)c(I)c(F)c1. The molecule has 0 atom stereocenters. The lowest BCUT2D eigenvalue weighted by Gasteiger charge is -2.08. The minimum atomic E-state index is -0.784. The molecule has 9 heteroatoms. The summed E-state index contributed by atoms with van der Waals surface area (Å²) in [6, 6.07) is 8.59. The van der Waals surface area contributed by atoms with Crippen LogP contribution in [0.4, 0.5) is 14.5 Å². The average molecular weight is 442 g/mol. The highest BCUT2D eigenvalue weighted by Crippen LogP contribution is 2.20. The molecule has 1 N–H and O–H groups in total. The van der Waals surface area contributed by atoms with Gasteiger partial charge in [0.25, 0.3) is 5.56 Å². The minimum Gasteiger partial charge on any atom is -0.324 e. The zero-order valence-corrected chi connectivity index (χ0v) is 14.1. The highest BCUT2D eigenvalue weighted by Gasteiger charge is 2.12. The monoisotopic (exact) mass is 442 g/mol. The fourth-order valence-electron chi connectivity index (χ4n) is 2.09. The van der Waals surface area contributed by atoms with E-state index in [0.717, 1.165) is 16.8 Å². The van der Waals surface area contributed by atoms with Gasteiger partial charge in [0.2, 0.25) is 5.91 Å². The highest BCUT2D eigenvalue weighted by atomic mass is 127.